The van der Waals surface area contributed by atoms with Gasteiger partial charge in [0.05, 0.1) is 5.52 Å². The van der Waals surface area contributed by atoms with Crippen LogP contribution >= 0.6 is 0 Å². The summed E-state index contributed by atoms with van der Waals surface area (Å²) < 4.78 is 2.17. The molecule has 0 bridgehead atoms. The molecule has 4 rings (SSSR count). The van der Waals surface area contributed by atoms with Crippen molar-refractivity contribution < 1.29 is 5.11 Å². The average Bonchev–Trinajstić information content (AvgIpc) is 2.81. The second-order valence-corrected chi connectivity index (χ2v) is 5.09. The molecule has 1 N–H and O–H groups in total. The number of fused-ring (bicyclic) bond motifs is 3. The fourth-order valence-corrected chi connectivity index (χ4v) is 2.79. The summed E-state index contributed by atoms with van der Waals surface area (Å²) in [6.45, 7) is 0. The lowest BCUT2D eigenvalue weighted by Crippen LogP contribution is -1.87. The van der Waals surface area contributed by atoms with Gasteiger partial charge < -0.3 is 9.67 Å². The zero-order valence-corrected chi connectivity index (χ0v) is 11.5. The molecule has 0 fully saturated rings. The quantitative estimate of drug-likeness (QED) is 0.578. The molecule has 0 unspecified atom stereocenters. The van der Waals surface area contributed by atoms with Crippen molar-refractivity contribution in [3.05, 3.63) is 55.0 Å². The van der Waals surface area contributed by atoms with Gasteiger partial charge in [-0.25, -0.2) is 4.98 Å². The lowest BCUT2D eigenvalue weighted by Gasteiger charge is -2.03. The third kappa shape index (κ3) is 1.76. The smallest absolute Gasteiger partial charge is 0.210 e. The van der Waals surface area contributed by atoms with Crippen LogP contribution in [0.4, 0.5) is 0 Å². The van der Waals surface area contributed by atoms with E-state index in [1.165, 1.54) is 10.9 Å². The van der Waals surface area contributed by atoms with Crippen LogP contribution in [0.25, 0.3) is 32.9 Å². The van der Waals surface area contributed by atoms with E-state index in [2.05, 4.69) is 39.8 Å². The number of benzene rings is 1. The van der Waals surface area contributed by atoms with Crippen LogP contribution in [-0.2, 0) is 7.05 Å². The topological polar surface area (TPSA) is 50.9 Å². The van der Waals surface area contributed by atoms with Gasteiger partial charge in [0.2, 0.25) is 5.88 Å². The van der Waals surface area contributed by atoms with Gasteiger partial charge in [0.1, 0.15) is 0 Å². The molecule has 0 aliphatic carbocycles. The molecule has 0 aliphatic heterocycles. The van der Waals surface area contributed by atoms with Crippen LogP contribution in [0.2, 0.25) is 0 Å². The predicted octanol–water partition coefficient (Wildman–Crippen LogP) is 3.49. The Morgan fingerprint density at radius 3 is 2.57 bits per heavy atom. The Kier molecular flexibility index (Phi) is 2.44. The molecule has 1 aromatic carbocycles. The van der Waals surface area contributed by atoms with Crippen molar-refractivity contribution in [1.82, 2.24) is 14.5 Å². The lowest BCUT2D eigenvalue weighted by atomic mass is 10.1. The van der Waals surface area contributed by atoms with Crippen LogP contribution in [0.3, 0.4) is 0 Å². The first kappa shape index (κ1) is 11.9. The molecule has 0 aliphatic rings. The molecule has 3 aromatic heterocycles. The first-order chi connectivity index (χ1) is 10.2. The van der Waals surface area contributed by atoms with Gasteiger partial charge in [-0.05, 0) is 23.8 Å². The molecule has 0 radical (unpaired) electrons. The Morgan fingerprint density at radius 2 is 1.76 bits per heavy atom. The van der Waals surface area contributed by atoms with Crippen molar-refractivity contribution in [2.24, 2.45) is 7.05 Å². The minimum absolute atomic E-state index is 0.0375. The highest BCUT2D eigenvalue weighted by atomic mass is 16.3. The van der Waals surface area contributed by atoms with Gasteiger partial charge in [-0.2, -0.15) is 0 Å². The van der Waals surface area contributed by atoms with Gasteiger partial charge in [-0.3, -0.25) is 4.98 Å². The van der Waals surface area contributed by atoms with Crippen LogP contribution in [-0.4, -0.2) is 19.6 Å². The van der Waals surface area contributed by atoms with Crippen LogP contribution < -0.4 is 0 Å². The number of hydrogen-bond acceptors (Lipinski definition) is 3. The molecule has 0 saturated carbocycles. The molecule has 3 heterocycles. The second kappa shape index (κ2) is 4.31. The Bertz CT molecular complexity index is 955. The predicted molar refractivity (Wildman–Crippen MR) is 83.1 cm³/mol. The molecule has 0 amide bonds. The minimum atomic E-state index is 0.0375. The van der Waals surface area contributed by atoms with Gasteiger partial charge in [0.15, 0.2) is 0 Å². The third-order valence-electron chi connectivity index (χ3n) is 3.89. The maximum Gasteiger partial charge on any atom is 0.210 e. The van der Waals surface area contributed by atoms with E-state index in [-0.39, 0.29) is 5.88 Å². The number of nitrogens with zero attached hydrogens (tertiary/aromatic N) is 3. The summed E-state index contributed by atoms with van der Waals surface area (Å²) in [6, 6.07) is 11.8. The first-order valence-electron chi connectivity index (χ1n) is 6.71. The molecule has 4 nitrogen and oxygen atoms in total. The van der Waals surface area contributed by atoms with E-state index in [1.54, 1.807) is 12.3 Å². The van der Waals surface area contributed by atoms with Crippen molar-refractivity contribution in [3.8, 4) is 17.0 Å². The van der Waals surface area contributed by atoms with E-state index in [0.717, 1.165) is 22.0 Å². The van der Waals surface area contributed by atoms with Crippen LogP contribution in [0.1, 0.15) is 0 Å². The van der Waals surface area contributed by atoms with Crippen LogP contribution in [0.5, 0.6) is 5.88 Å². The van der Waals surface area contributed by atoms with E-state index in [1.807, 2.05) is 24.5 Å². The fraction of sp³-hybridized carbons (Fsp3) is 0.0588. The number of hydrogen-bond donors (Lipinski definition) is 1. The van der Waals surface area contributed by atoms with Gasteiger partial charge in [0.25, 0.3) is 0 Å². The molecule has 4 aromatic rings. The van der Waals surface area contributed by atoms with Gasteiger partial charge >= 0.3 is 0 Å². The number of rotatable bonds is 1. The Labute approximate surface area is 121 Å². The van der Waals surface area contributed by atoms with E-state index in [0.29, 0.717) is 0 Å². The van der Waals surface area contributed by atoms with Crippen molar-refractivity contribution in [3.63, 3.8) is 0 Å². The van der Waals surface area contributed by atoms with Crippen molar-refractivity contribution in [1.29, 1.82) is 0 Å². The second-order valence-electron chi connectivity index (χ2n) is 5.09. The summed E-state index contributed by atoms with van der Waals surface area (Å²) >= 11 is 0. The Morgan fingerprint density at radius 1 is 0.905 bits per heavy atom. The number of pyridine rings is 2. The number of aromatic hydroxyl groups is 1. The molecule has 102 valence electrons. The standard InChI is InChI=1S/C17H13N3O/c1-20-15-6-7-18-10-14(15)13-4-2-11(8-16(13)20)12-3-5-17(21)19-9-12/h2-10H,1H3,(H,19,21). The monoisotopic (exact) mass is 275 g/mol. The van der Waals surface area contributed by atoms with E-state index >= 15 is 0 Å². The van der Waals surface area contributed by atoms with Crippen molar-refractivity contribution >= 4 is 21.8 Å². The fourth-order valence-electron chi connectivity index (χ4n) is 2.79. The maximum atomic E-state index is 9.29. The molecular formula is C17H13N3O. The Balaban J connectivity index is 2.00. The van der Waals surface area contributed by atoms with Crippen molar-refractivity contribution in [2.75, 3.05) is 0 Å². The molecule has 4 heteroatoms. The molecule has 0 saturated heterocycles. The van der Waals surface area contributed by atoms with Crippen molar-refractivity contribution in [2.45, 2.75) is 0 Å². The summed E-state index contributed by atoms with van der Waals surface area (Å²) in [5.41, 5.74) is 4.39. The average molecular weight is 275 g/mol. The van der Waals surface area contributed by atoms with Gasteiger partial charge in [-0.1, -0.05) is 12.1 Å². The van der Waals surface area contributed by atoms with E-state index in [9.17, 15) is 5.11 Å². The molecule has 0 spiro atoms. The van der Waals surface area contributed by atoms with Gasteiger partial charge in [0, 0.05) is 53.6 Å². The first-order valence-corrected chi connectivity index (χ1v) is 6.71. The summed E-state index contributed by atoms with van der Waals surface area (Å²) in [7, 11) is 2.06. The van der Waals surface area contributed by atoms with Gasteiger partial charge in [-0.15, -0.1) is 0 Å². The number of aryl methyl sites for hydroxylation is 1. The molecule has 0 atom stereocenters. The summed E-state index contributed by atoms with van der Waals surface area (Å²) in [6.07, 6.45) is 5.40. The highest BCUT2D eigenvalue weighted by Gasteiger charge is 2.09. The lowest BCUT2D eigenvalue weighted by molar-refractivity contribution is 0.453. The third-order valence-corrected chi connectivity index (χ3v) is 3.89. The van der Waals surface area contributed by atoms with Crippen LogP contribution in [0, 0.1) is 0 Å². The summed E-state index contributed by atoms with van der Waals surface area (Å²) in [4.78, 5) is 8.16. The summed E-state index contributed by atoms with van der Waals surface area (Å²) in [5, 5.41) is 11.6. The van der Waals surface area contributed by atoms with E-state index < -0.39 is 0 Å². The van der Waals surface area contributed by atoms with Crippen LogP contribution in [0.15, 0.2) is 55.0 Å². The highest BCUT2D eigenvalue weighted by Crippen LogP contribution is 2.31. The Hall–Kier alpha value is -2.88. The maximum absolute atomic E-state index is 9.29. The zero-order chi connectivity index (χ0) is 14.4. The number of aromatic nitrogens is 3. The largest absolute Gasteiger partial charge is 0.493 e. The summed E-state index contributed by atoms with van der Waals surface area (Å²) in [5.74, 6) is 0.0375. The minimum Gasteiger partial charge on any atom is -0.493 e. The zero-order valence-electron chi connectivity index (χ0n) is 11.5. The molecule has 21 heavy (non-hydrogen) atoms. The SMILES string of the molecule is Cn1c2ccncc2c2ccc(-c3ccc(O)nc3)cc21. The highest BCUT2D eigenvalue weighted by molar-refractivity contribution is 6.08. The molecular weight excluding hydrogens is 262 g/mol. The van der Waals surface area contributed by atoms with E-state index in [4.69, 9.17) is 0 Å². The normalized spacial score (nSPS) is 11.3.